The van der Waals surface area contributed by atoms with Crippen molar-refractivity contribution in [3.63, 3.8) is 0 Å². The van der Waals surface area contributed by atoms with Crippen molar-refractivity contribution in [1.29, 1.82) is 0 Å². The van der Waals surface area contributed by atoms with Gasteiger partial charge in [-0.05, 0) is 42.3 Å². The van der Waals surface area contributed by atoms with Crippen LogP contribution in [-0.2, 0) is 22.6 Å². The van der Waals surface area contributed by atoms with E-state index in [1.54, 1.807) is 24.1 Å². The maximum atomic E-state index is 13.3. The molecule has 0 unspecified atom stereocenters. The fraction of sp³-hybridized carbons (Fsp3) is 0.231. The molecule has 6 heteroatoms. The standard InChI is InChI=1S/C26H27BrN2O3/c1-19-7-6-10-21(15-19)17-29(25(30)18-32-23-13-11-22(27)12-14-23)24(26(31)28-2)16-20-8-4-3-5-9-20/h3-15,24H,16-18H2,1-2H3,(H,28,31)/t24-/m0/s1. The van der Waals surface area contributed by atoms with Crippen molar-refractivity contribution in [3.8, 4) is 5.75 Å². The molecule has 2 amide bonds. The molecule has 5 nitrogen and oxygen atoms in total. The van der Waals surface area contributed by atoms with Gasteiger partial charge >= 0.3 is 0 Å². The van der Waals surface area contributed by atoms with Crippen molar-refractivity contribution in [1.82, 2.24) is 10.2 Å². The first kappa shape index (κ1) is 23.5. The number of carbonyl (C=O) groups is 2. The van der Waals surface area contributed by atoms with E-state index in [1.807, 2.05) is 73.7 Å². The van der Waals surface area contributed by atoms with Gasteiger partial charge in [-0.3, -0.25) is 9.59 Å². The first-order valence-electron chi connectivity index (χ1n) is 10.4. The van der Waals surface area contributed by atoms with E-state index in [0.717, 1.165) is 21.2 Å². The van der Waals surface area contributed by atoms with E-state index in [-0.39, 0.29) is 18.4 Å². The van der Waals surface area contributed by atoms with Gasteiger partial charge in [0.25, 0.3) is 5.91 Å². The zero-order valence-electron chi connectivity index (χ0n) is 18.3. The molecule has 3 aromatic carbocycles. The molecule has 0 aliphatic carbocycles. The van der Waals surface area contributed by atoms with Crippen molar-refractivity contribution < 1.29 is 14.3 Å². The van der Waals surface area contributed by atoms with E-state index >= 15 is 0 Å². The number of rotatable bonds is 9. The fourth-order valence-corrected chi connectivity index (χ4v) is 3.75. The van der Waals surface area contributed by atoms with Crippen molar-refractivity contribution in [2.75, 3.05) is 13.7 Å². The van der Waals surface area contributed by atoms with Crippen LogP contribution in [0.3, 0.4) is 0 Å². The maximum absolute atomic E-state index is 13.3. The number of aryl methyl sites for hydroxylation is 1. The first-order valence-corrected chi connectivity index (χ1v) is 11.2. The number of likely N-dealkylation sites (N-methyl/N-ethyl adjacent to an activating group) is 1. The molecule has 3 aromatic rings. The third kappa shape index (κ3) is 6.69. The Morgan fingerprint density at radius 3 is 2.31 bits per heavy atom. The normalized spacial score (nSPS) is 11.5. The Labute approximate surface area is 197 Å². The van der Waals surface area contributed by atoms with Gasteiger partial charge in [-0.2, -0.15) is 0 Å². The molecule has 32 heavy (non-hydrogen) atoms. The highest BCUT2D eigenvalue weighted by Gasteiger charge is 2.30. The summed E-state index contributed by atoms with van der Waals surface area (Å²) in [5, 5.41) is 2.72. The van der Waals surface area contributed by atoms with Crippen molar-refractivity contribution >= 4 is 27.7 Å². The van der Waals surface area contributed by atoms with Gasteiger partial charge < -0.3 is 15.0 Å². The molecule has 0 heterocycles. The average Bonchev–Trinajstić information content (AvgIpc) is 2.81. The Hall–Kier alpha value is -3.12. The summed E-state index contributed by atoms with van der Waals surface area (Å²) in [5.41, 5.74) is 3.04. The van der Waals surface area contributed by atoms with Crippen molar-refractivity contribution in [3.05, 3.63) is 100 Å². The number of nitrogens with one attached hydrogen (secondary N) is 1. The van der Waals surface area contributed by atoms with Crippen LogP contribution < -0.4 is 10.1 Å². The van der Waals surface area contributed by atoms with Crippen LogP contribution in [0.15, 0.2) is 83.3 Å². The lowest BCUT2D eigenvalue weighted by Crippen LogP contribution is -2.51. The van der Waals surface area contributed by atoms with Crippen LogP contribution in [0.1, 0.15) is 16.7 Å². The molecular weight excluding hydrogens is 468 g/mol. The predicted octanol–water partition coefficient (Wildman–Crippen LogP) is 4.52. The predicted molar refractivity (Wildman–Crippen MR) is 129 cm³/mol. The SMILES string of the molecule is CNC(=O)[C@H](Cc1ccccc1)N(Cc1cccc(C)c1)C(=O)COc1ccc(Br)cc1. The molecule has 0 spiro atoms. The average molecular weight is 495 g/mol. The summed E-state index contributed by atoms with van der Waals surface area (Å²) >= 11 is 3.39. The van der Waals surface area contributed by atoms with Crippen LogP contribution in [-0.4, -0.2) is 36.4 Å². The van der Waals surface area contributed by atoms with E-state index in [4.69, 9.17) is 4.74 Å². The molecule has 166 valence electrons. The number of ether oxygens (including phenoxy) is 1. The van der Waals surface area contributed by atoms with Crippen molar-refractivity contribution in [2.45, 2.75) is 25.9 Å². The molecule has 0 aliphatic rings. The molecule has 0 aromatic heterocycles. The summed E-state index contributed by atoms with van der Waals surface area (Å²) in [6.07, 6.45) is 0.413. The van der Waals surface area contributed by atoms with Gasteiger partial charge in [0, 0.05) is 24.5 Å². The van der Waals surface area contributed by atoms with Crippen molar-refractivity contribution in [2.24, 2.45) is 0 Å². The second-order valence-corrected chi connectivity index (χ2v) is 8.49. The number of carbonyl (C=O) groups excluding carboxylic acids is 2. The topological polar surface area (TPSA) is 58.6 Å². The Morgan fingerprint density at radius 2 is 1.66 bits per heavy atom. The molecule has 0 bridgehead atoms. The minimum atomic E-state index is -0.663. The van der Waals surface area contributed by atoms with Crippen LogP contribution in [0.25, 0.3) is 0 Å². The van der Waals surface area contributed by atoms with Gasteiger partial charge in [-0.25, -0.2) is 0 Å². The Balaban J connectivity index is 1.86. The molecule has 1 N–H and O–H groups in total. The van der Waals surface area contributed by atoms with E-state index < -0.39 is 6.04 Å². The number of halogens is 1. The highest BCUT2D eigenvalue weighted by Crippen LogP contribution is 2.18. The lowest BCUT2D eigenvalue weighted by molar-refractivity contribution is -0.142. The molecule has 3 rings (SSSR count). The second-order valence-electron chi connectivity index (χ2n) is 7.57. The van der Waals surface area contributed by atoms with E-state index in [2.05, 4.69) is 21.2 Å². The number of hydrogen-bond acceptors (Lipinski definition) is 3. The minimum absolute atomic E-state index is 0.157. The van der Waals surface area contributed by atoms with Gasteiger partial charge in [0.2, 0.25) is 5.91 Å². The number of amides is 2. The smallest absolute Gasteiger partial charge is 0.261 e. The van der Waals surface area contributed by atoms with Crippen LogP contribution in [0.5, 0.6) is 5.75 Å². The quantitative estimate of drug-likeness (QED) is 0.475. The molecular formula is C26H27BrN2O3. The zero-order valence-corrected chi connectivity index (χ0v) is 19.8. The van der Waals surface area contributed by atoms with Gasteiger partial charge in [-0.15, -0.1) is 0 Å². The third-order valence-electron chi connectivity index (χ3n) is 5.13. The first-order chi connectivity index (χ1) is 15.5. The van der Waals surface area contributed by atoms with E-state index in [9.17, 15) is 9.59 Å². The summed E-state index contributed by atoms with van der Waals surface area (Å²) in [5.74, 6) is 0.133. The maximum Gasteiger partial charge on any atom is 0.261 e. The highest BCUT2D eigenvalue weighted by molar-refractivity contribution is 9.10. The summed E-state index contributed by atoms with van der Waals surface area (Å²) in [7, 11) is 1.59. The molecule has 1 atom stereocenters. The molecule has 0 saturated heterocycles. The van der Waals surface area contributed by atoms with E-state index in [0.29, 0.717) is 18.7 Å². The second kappa shape index (κ2) is 11.5. The largest absolute Gasteiger partial charge is 0.484 e. The Morgan fingerprint density at radius 1 is 0.969 bits per heavy atom. The summed E-state index contributed by atoms with van der Waals surface area (Å²) < 4.78 is 6.67. The summed E-state index contributed by atoms with van der Waals surface area (Å²) in [6.45, 7) is 2.16. The summed E-state index contributed by atoms with van der Waals surface area (Å²) in [4.78, 5) is 27.8. The highest BCUT2D eigenvalue weighted by atomic mass is 79.9. The fourth-order valence-electron chi connectivity index (χ4n) is 3.49. The Kier molecular flexibility index (Phi) is 8.45. The molecule has 0 radical (unpaired) electrons. The Bertz CT molecular complexity index is 1040. The molecule has 0 aliphatic heterocycles. The lowest BCUT2D eigenvalue weighted by Gasteiger charge is -2.31. The van der Waals surface area contributed by atoms with Gasteiger partial charge in [-0.1, -0.05) is 76.1 Å². The number of benzene rings is 3. The molecule has 0 saturated carbocycles. The zero-order chi connectivity index (χ0) is 22.9. The van der Waals surface area contributed by atoms with E-state index in [1.165, 1.54) is 0 Å². The minimum Gasteiger partial charge on any atom is -0.484 e. The van der Waals surface area contributed by atoms with Gasteiger partial charge in [0.05, 0.1) is 0 Å². The van der Waals surface area contributed by atoms with Crippen LogP contribution >= 0.6 is 15.9 Å². The van der Waals surface area contributed by atoms with Crippen LogP contribution in [0.4, 0.5) is 0 Å². The van der Waals surface area contributed by atoms with Gasteiger partial charge in [0.1, 0.15) is 11.8 Å². The lowest BCUT2D eigenvalue weighted by atomic mass is 10.0. The van der Waals surface area contributed by atoms with Crippen LogP contribution in [0.2, 0.25) is 0 Å². The molecule has 0 fully saturated rings. The number of hydrogen-bond donors (Lipinski definition) is 1. The van der Waals surface area contributed by atoms with Gasteiger partial charge in [0.15, 0.2) is 6.61 Å². The van der Waals surface area contributed by atoms with Crippen LogP contribution in [0, 0.1) is 6.92 Å². The third-order valence-corrected chi connectivity index (χ3v) is 5.66. The monoisotopic (exact) mass is 494 g/mol. The number of nitrogens with zero attached hydrogens (tertiary/aromatic N) is 1. The summed E-state index contributed by atoms with van der Waals surface area (Å²) in [6, 6.07) is 24.3.